The van der Waals surface area contributed by atoms with E-state index in [9.17, 15) is 4.79 Å². The summed E-state index contributed by atoms with van der Waals surface area (Å²) in [6.07, 6.45) is 2.97. The largest absolute Gasteiger partial charge is 0.457 e. The van der Waals surface area contributed by atoms with E-state index in [0.29, 0.717) is 23.2 Å². The van der Waals surface area contributed by atoms with Crippen LogP contribution in [0, 0.1) is 0 Å². The molecular weight excluding hydrogens is 470 g/mol. The van der Waals surface area contributed by atoms with Gasteiger partial charge >= 0.3 is 5.97 Å². The molecule has 0 aliphatic carbocycles. The van der Waals surface area contributed by atoms with Crippen LogP contribution in [0.3, 0.4) is 0 Å². The van der Waals surface area contributed by atoms with E-state index < -0.39 is 5.97 Å². The highest BCUT2D eigenvalue weighted by atomic mass is 16.5. The summed E-state index contributed by atoms with van der Waals surface area (Å²) in [7, 11) is 0. The molecule has 182 valence electrons. The van der Waals surface area contributed by atoms with Crippen molar-refractivity contribution in [3.63, 3.8) is 0 Å². The van der Waals surface area contributed by atoms with Crippen LogP contribution in [0.2, 0.25) is 0 Å². The summed E-state index contributed by atoms with van der Waals surface area (Å²) in [4.78, 5) is 25.4. The van der Waals surface area contributed by atoms with Gasteiger partial charge in [-0.15, -0.1) is 0 Å². The Morgan fingerprint density at radius 3 is 2.03 bits per heavy atom. The van der Waals surface area contributed by atoms with E-state index in [1.54, 1.807) is 30.5 Å². The molecule has 0 radical (unpaired) electrons. The van der Waals surface area contributed by atoms with Gasteiger partial charge < -0.3 is 19.8 Å². The summed E-state index contributed by atoms with van der Waals surface area (Å²) >= 11 is 0. The lowest BCUT2D eigenvalue weighted by molar-refractivity contribution is 0.0701. The number of carbonyl (C=O) groups is 1. The number of hydrogen-bond acceptors (Lipinski definition) is 10. The Kier molecular flexibility index (Phi) is 7.08. The van der Waals surface area contributed by atoms with Crippen LogP contribution < -0.4 is 20.8 Å². The second-order valence-corrected chi connectivity index (χ2v) is 7.60. The Bertz CT molecular complexity index is 1430. The van der Waals surface area contributed by atoms with Crippen molar-refractivity contribution in [1.82, 2.24) is 15.0 Å². The summed E-state index contributed by atoms with van der Waals surface area (Å²) in [5, 5.41) is 10.6. The Hall–Kier alpha value is -5.51. The van der Waals surface area contributed by atoms with Gasteiger partial charge in [0.2, 0.25) is 23.6 Å². The van der Waals surface area contributed by atoms with Gasteiger partial charge in [-0.25, -0.2) is 10.2 Å². The molecule has 2 heterocycles. The van der Waals surface area contributed by atoms with E-state index >= 15 is 0 Å². The molecule has 3 N–H and O–H groups in total. The molecule has 10 heteroatoms. The average Bonchev–Trinajstić information content (AvgIpc) is 3.46. The molecule has 5 rings (SSSR count). The topological polar surface area (TPSA) is 127 Å². The summed E-state index contributed by atoms with van der Waals surface area (Å²) < 4.78 is 10.4. The second kappa shape index (κ2) is 11.3. The van der Waals surface area contributed by atoms with Crippen LogP contribution in [0.15, 0.2) is 113 Å². The molecule has 0 unspecified atom stereocenters. The molecule has 0 bridgehead atoms. The molecule has 0 spiro atoms. The first-order valence-corrected chi connectivity index (χ1v) is 11.3. The first kappa shape index (κ1) is 23.2. The van der Waals surface area contributed by atoms with E-state index in [-0.39, 0.29) is 11.7 Å². The molecule has 0 amide bonds. The Labute approximate surface area is 212 Å². The number of rotatable bonds is 9. The molecule has 0 aliphatic rings. The summed E-state index contributed by atoms with van der Waals surface area (Å²) in [5.74, 6) is 0.792. The molecule has 10 nitrogen and oxygen atoms in total. The van der Waals surface area contributed by atoms with Crippen LogP contribution in [0.5, 0.6) is 5.75 Å². The van der Waals surface area contributed by atoms with Crippen molar-refractivity contribution in [3.8, 4) is 5.75 Å². The lowest BCUT2D eigenvalue weighted by Crippen LogP contribution is -2.07. The van der Waals surface area contributed by atoms with Crippen molar-refractivity contribution in [2.75, 3.05) is 16.1 Å². The van der Waals surface area contributed by atoms with Crippen molar-refractivity contribution in [2.45, 2.75) is 0 Å². The molecular formula is C27H21N7O3. The Balaban J connectivity index is 1.31. The van der Waals surface area contributed by atoms with Gasteiger partial charge in [-0.1, -0.05) is 48.5 Å². The van der Waals surface area contributed by atoms with Crippen LogP contribution >= 0.6 is 0 Å². The van der Waals surface area contributed by atoms with E-state index in [1.807, 2.05) is 66.7 Å². The second-order valence-electron chi connectivity index (χ2n) is 7.60. The zero-order valence-electron chi connectivity index (χ0n) is 19.4. The van der Waals surface area contributed by atoms with Gasteiger partial charge in [0.1, 0.15) is 5.75 Å². The molecule has 3 aromatic carbocycles. The minimum Gasteiger partial charge on any atom is -0.457 e. The lowest BCUT2D eigenvalue weighted by atomic mass is 10.2. The van der Waals surface area contributed by atoms with Crippen LogP contribution in [0.25, 0.3) is 0 Å². The summed E-state index contributed by atoms with van der Waals surface area (Å²) in [6.45, 7) is 0. The van der Waals surface area contributed by atoms with E-state index in [4.69, 9.17) is 9.15 Å². The highest BCUT2D eigenvalue weighted by Gasteiger charge is 2.11. The number of furan rings is 1. The van der Waals surface area contributed by atoms with E-state index in [1.165, 1.54) is 12.3 Å². The summed E-state index contributed by atoms with van der Waals surface area (Å²) in [6, 6.07) is 29.2. The molecule has 5 aromatic rings. The van der Waals surface area contributed by atoms with Crippen molar-refractivity contribution < 1.29 is 13.9 Å². The first-order chi connectivity index (χ1) is 18.2. The Morgan fingerprint density at radius 1 is 0.757 bits per heavy atom. The van der Waals surface area contributed by atoms with Crippen molar-refractivity contribution in [2.24, 2.45) is 5.10 Å². The molecule has 0 saturated carbocycles. The number of benzene rings is 3. The smallest absolute Gasteiger partial charge is 0.379 e. The van der Waals surface area contributed by atoms with Crippen molar-refractivity contribution in [1.29, 1.82) is 0 Å². The van der Waals surface area contributed by atoms with Gasteiger partial charge in [0, 0.05) is 11.4 Å². The van der Waals surface area contributed by atoms with Gasteiger partial charge in [-0.3, -0.25) is 0 Å². The number of ether oxygens (including phenoxy) is 1. The highest BCUT2D eigenvalue weighted by Crippen LogP contribution is 2.19. The van der Waals surface area contributed by atoms with Crippen LogP contribution in [-0.2, 0) is 0 Å². The maximum absolute atomic E-state index is 12.1. The number of nitrogens with zero attached hydrogens (tertiary/aromatic N) is 4. The summed E-state index contributed by atoms with van der Waals surface area (Å²) in [5.41, 5.74) is 5.18. The zero-order valence-corrected chi connectivity index (χ0v) is 19.4. The number of aromatic nitrogens is 3. The number of anilines is 5. The van der Waals surface area contributed by atoms with Crippen LogP contribution in [0.1, 0.15) is 16.1 Å². The van der Waals surface area contributed by atoms with Gasteiger partial charge in [-0.05, 0) is 54.1 Å². The molecule has 0 saturated heterocycles. The predicted octanol–water partition coefficient (Wildman–Crippen LogP) is 5.62. The third-order valence-corrected chi connectivity index (χ3v) is 4.86. The average molecular weight is 492 g/mol. The van der Waals surface area contributed by atoms with Crippen molar-refractivity contribution >= 4 is 41.4 Å². The fourth-order valence-corrected chi connectivity index (χ4v) is 3.21. The standard InChI is InChI=1S/C27H21N7O3/c35-24(23-15-8-16-36-23)37-22-14-7-9-19(17-22)18-28-34-27-32-25(29-20-10-3-1-4-11-20)31-26(33-27)30-21-12-5-2-6-13-21/h1-18H,(H3,29,30,31,32,33,34). The number of nitrogens with one attached hydrogen (secondary N) is 3. The third kappa shape index (κ3) is 6.55. The molecule has 0 aliphatic heterocycles. The number of hydrazone groups is 1. The third-order valence-electron chi connectivity index (χ3n) is 4.86. The molecule has 37 heavy (non-hydrogen) atoms. The lowest BCUT2D eigenvalue weighted by Gasteiger charge is -2.10. The maximum Gasteiger partial charge on any atom is 0.379 e. The number of carbonyl (C=O) groups excluding carboxylic acids is 1. The fourth-order valence-electron chi connectivity index (χ4n) is 3.21. The van der Waals surface area contributed by atoms with Gasteiger partial charge in [-0.2, -0.15) is 20.1 Å². The highest BCUT2D eigenvalue weighted by molar-refractivity contribution is 5.88. The molecule has 0 fully saturated rings. The van der Waals surface area contributed by atoms with Gasteiger partial charge in [0.15, 0.2) is 0 Å². The maximum atomic E-state index is 12.1. The van der Waals surface area contributed by atoms with E-state index in [0.717, 1.165) is 11.4 Å². The normalized spacial score (nSPS) is 10.7. The number of esters is 1. The van der Waals surface area contributed by atoms with Crippen LogP contribution in [0.4, 0.5) is 29.2 Å². The van der Waals surface area contributed by atoms with Gasteiger partial charge in [0.05, 0.1) is 12.5 Å². The van der Waals surface area contributed by atoms with Crippen LogP contribution in [-0.4, -0.2) is 27.1 Å². The zero-order chi connectivity index (χ0) is 25.3. The number of hydrogen-bond donors (Lipinski definition) is 3. The van der Waals surface area contributed by atoms with Crippen molar-refractivity contribution in [3.05, 3.63) is 115 Å². The SMILES string of the molecule is O=C(Oc1cccc(C=NNc2nc(Nc3ccccc3)nc(Nc3ccccc3)n2)c1)c1ccco1. The minimum atomic E-state index is -0.584. The number of para-hydroxylation sites is 2. The predicted molar refractivity (Wildman–Crippen MR) is 141 cm³/mol. The quantitative estimate of drug-likeness (QED) is 0.104. The first-order valence-electron chi connectivity index (χ1n) is 11.3. The van der Waals surface area contributed by atoms with Gasteiger partial charge in [0.25, 0.3) is 0 Å². The molecule has 2 aromatic heterocycles. The Morgan fingerprint density at radius 2 is 1.41 bits per heavy atom. The van der Waals surface area contributed by atoms with E-state index in [2.05, 4.69) is 36.1 Å². The minimum absolute atomic E-state index is 0.121. The fraction of sp³-hybridized carbons (Fsp3) is 0. The molecule has 0 atom stereocenters. The monoisotopic (exact) mass is 491 g/mol.